The van der Waals surface area contributed by atoms with Crippen molar-refractivity contribution in [3.8, 4) is 0 Å². The Morgan fingerprint density at radius 3 is 2.70 bits per heavy atom. The van der Waals surface area contributed by atoms with Gasteiger partial charge in [0.1, 0.15) is 17.0 Å². The molecule has 20 heavy (non-hydrogen) atoms. The lowest BCUT2D eigenvalue weighted by Crippen LogP contribution is -2.01. The summed E-state index contributed by atoms with van der Waals surface area (Å²) in [5, 5.41) is 5.26. The van der Waals surface area contributed by atoms with Crippen molar-refractivity contribution in [1.29, 1.82) is 0 Å². The van der Waals surface area contributed by atoms with Gasteiger partial charge in [-0.05, 0) is 23.8 Å². The molecular formula is C13H8Cl3N3S. The van der Waals surface area contributed by atoms with Crippen LogP contribution in [-0.2, 0) is 6.54 Å². The SMILES string of the molecule is Clc1cc2c(NCc3ccc(Cl)c(Cl)c3)ncnc2s1. The summed E-state index contributed by atoms with van der Waals surface area (Å²) < 4.78 is 0.693. The van der Waals surface area contributed by atoms with Crippen LogP contribution in [0.2, 0.25) is 14.4 Å². The second-order valence-electron chi connectivity index (χ2n) is 4.09. The summed E-state index contributed by atoms with van der Waals surface area (Å²) in [5.41, 5.74) is 1.02. The Balaban J connectivity index is 1.84. The van der Waals surface area contributed by atoms with Crippen molar-refractivity contribution in [3.63, 3.8) is 0 Å². The molecule has 0 saturated carbocycles. The quantitative estimate of drug-likeness (QED) is 0.704. The van der Waals surface area contributed by atoms with Gasteiger partial charge in [-0.1, -0.05) is 40.9 Å². The van der Waals surface area contributed by atoms with Gasteiger partial charge in [0.15, 0.2) is 0 Å². The highest BCUT2D eigenvalue weighted by molar-refractivity contribution is 7.22. The van der Waals surface area contributed by atoms with E-state index >= 15 is 0 Å². The normalized spacial score (nSPS) is 10.9. The molecule has 102 valence electrons. The Morgan fingerprint density at radius 1 is 1.05 bits per heavy atom. The summed E-state index contributed by atoms with van der Waals surface area (Å²) in [7, 11) is 0. The lowest BCUT2D eigenvalue weighted by Gasteiger charge is -2.07. The average Bonchev–Trinajstić information content (AvgIpc) is 2.81. The lowest BCUT2D eigenvalue weighted by atomic mass is 10.2. The van der Waals surface area contributed by atoms with Gasteiger partial charge in [0.25, 0.3) is 0 Å². The molecule has 3 rings (SSSR count). The molecule has 0 bridgehead atoms. The van der Waals surface area contributed by atoms with Gasteiger partial charge in [0, 0.05) is 6.54 Å². The van der Waals surface area contributed by atoms with E-state index < -0.39 is 0 Å². The molecule has 0 atom stereocenters. The molecule has 0 amide bonds. The Bertz CT molecular complexity index is 773. The zero-order chi connectivity index (χ0) is 14.1. The van der Waals surface area contributed by atoms with E-state index in [1.165, 1.54) is 17.7 Å². The smallest absolute Gasteiger partial charge is 0.138 e. The number of thiophene rings is 1. The molecular weight excluding hydrogens is 337 g/mol. The molecule has 3 nitrogen and oxygen atoms in total. The Kier molecular flexibility index (Phi) is 3.98. The molecule has 0 fully saturated rings. The first-order valence-electron chi connectivity index (χ1n) is 5.71. The van der Waals surface area contributed by atoms with Crippen molar-refractivity contribution in [2.24, 2.45) is 0 Å². The summed E-state index contributed by atoms with van der Waals surface area (Å²) in [4.78, 5) is 9.29. The molecule has 0 aliphatic heterocycles. The number of nitrogens with zero attached hydrogens (tertiary/aromatic N) is 2. The highest BCUT2D eigenvalue weighted by atomic mass is 35.5. The maximum atomic E-state index is 6.00. The van der Waals surface area contributed by atoms with Crippen molar-refractivity contribution in [1.82, 2.24) is 9.97 Å². The summed E-state index contributed by atoms with van der Waals surface area (Å²) >= 11 is 19.3. The topological polar surface area (TPSA) is 37.8 Å². The third kappa shape index (κ3) is 2.83. The van der Waals surface area contributed by atoms with Crippen LogP contribution in [-0.4, -0.2) is 9.97 Å². The molecule has 0 saturated heterocycles. The Hall–Kier alpha value is -1.07. The molecule has 0 aliphatic carbocycles. The number of hydrogen-bond donors (Lipinski definition) is 1. The molecule has 2 heterocycles. The standard InChI is InChI=1S/C13H8Cl3N3S/c14-9-2-1-7(3-10(9)15)5-17-12-8-4-11(16)20-13(8)19-6-18-12/h1-4,6H,5H2,(H,17,18,19). The molecule has 3 aromatic rings. The first-order chi connectivity index (χ1) is 9.63. The number of benzene rings is 1. The summed E-state index contributed by atoms with van der Waals surface area (Å²) in [6.45, 7) is 0.594. The Labute approximate surface area is 134 Å². The van der Waals surface area contributed by atoms with Gasteiger partial charge in [-0.3, -0.25) is 0 Å². The van der Waals surface area contributed by atoms with E-state index in [0.717, 1.165) is 21.6 Å². The molecule has 2 aromatic heterocycles. The zero-order valence-electron chi connectivity index (χ0n) is 10.0. The Morgan fingerprint density at radius 2 is 1.90 bits per heavy atom. The third-order valence-corrected chi connectivity index (χ3v) is 4.65. The van der Waals surface area contributed by atoms with Crippen LogP contribution < -0.4 is 5.32 Å². The van der Waals surface area contributed by atoms with Crippen LogP contribution in [0.4, 0.5) is 5.82 Å². The monoisotopic (exact) mass is 343 g/mol. The minimum Gasteiger partial charge on any atom is -0.365 e. The number of nitrogens with one attached hydrogen (secondary N) is 1. The molecule has 0 spiro atoms. The molecule has 0 unspecified atom stereocenters. The summed E-state index contributed by atoms with van der Waals surface area (Å²) in [6, 6.07) is 7.38. The minimum atomic E-state index is 0.539. The van der Waals surface area contributed by atoms with E-state index in [1.54, 1.807) is 6.07 Å². The van der Waals surface area contributed by atoms with Crippen LogP contribution in [0.5, 0.6) is 0 Å². The minimum absolute atomic E-state index is 0.539. The fourth-order valence-electron chi connectivity index (χ4n) is 1.80. The van der Waals surface area contributed by atoms with Crippen molar-refractivity contribution >= 4 is 62.2 Å². The predicted molar refractivity (Wildman–Crippen MR) is 86.2 cm³/mol. The van der Waals surface area contributed by atoms with Crippen LogP contribution in [0.1, 0.15) is 5.56 Å². The van der Waals surface area contributed by atoms with Gasteiger partial charge in [0.2, 0.25) is 0 Å². The van der Waals surface area contributed by atoms with E-state index in [9.17, 15) is 0 Å². The van der Waals surface area contributed by atoms with Crippen molar-refractivity contribution < 1.29 is 0 Å². The van der Waals surface area contributed by atoms with E-state index in [0.29, 0.717) is 20.9 Å². The van der Waals surface area contributed by atoms with Crippen molar-refractivity contribution in [2.75, 3.05) is 5.32 Å². The van der Waals surface area contributed by atoms with Crippen LogP contribution in [0.25, 0.3) is 10.2 Å². The molecule has 1 N–H and O–H groups in total. The van der Waals surface area contributed by atoms with Gasteiger partial charge >= 0.3 is 0 Å². The van der Waals surface area contributed by atoms with E-state index in [4.69, 9.17) is 34.8 Å². The average molecular weight is 345 g/mol. The lowest BCUT2D eigenvalue weighted by molar-refractivity contribution is 1.11. The predicted octanol–water partition coefficient (Wildman–Crippen LogP) is 5.26. The van der Waals surface area contributed by atoms with Crippen LogP contribution in [0.15, 0.2) is 30.6 Å². The van der Waals surface area contributed by atoms with Gasteiger partial charge < -0.3 is 5.32 Å². The number of anilines is 1. The van der Waals surface area contributed by atoms with E-state index in [1.807, 2.05) is 18.2 Å². The van der Waals surface area contributed by atoms with Crippen LogP contribution in [0.3, 0.4) is 0 Å². The van der Waals surface area contributed by atoms with E-state index in [2.05, 4.69) is 15.3 Å². The third-order valence-electron chi connectivity index (χ3n) is 2.74. The highest BCUT2D eigenvalue weighted by Gasteiger charge is 2.07. The fraction of sp³-hybridized carbons (Fsp3) is 0.0769. The summed E-state index contributed by atoms with van der Waals surface area (Å²) in [6.07, 6.45) is 1.52. The molecule has 0 aliphatic rings. The molecule has 7 heteroatoms. The van der Waals surface area contributed by atoms with Crippen molar-refractivity contribution in [2.45, 2.75) is 6.54 Å². The van der Waals surface area contributed by atoms with Crippen molar-refractivity contribution in [3.05, 3.63) is 50.5 Å². The van der Waals surface area contributed by atoms with Crippen LogP contribution >= 0.6 is 46.1 Å². The largest absolute Gasteiger partial charge is 0.365 e. The van der Waals surface area contributed by atoms with Gasteiger partial charge in [0.05, 0.1) is 19.8 Å². The van der Waals surface area contributed by atoms with Crippen LogP contribution in [0, 0.1) is 0 Å². The first kappa shape index (κ1) is 13.9. The second kappa shape index (κ2) is 5.74. The first-order valence-corrected chi connectivity index (χ1v) is 7.66. The van der Waals surface area contributed by atoms with E-state index in [-0.39, 0.29) is 0 Å². The zero-order valence-corrected chi connectivity index (χ0v) is 13.1. The fourth-order valence-corrected chi connectivity index (χ4v) is 3.18. The summed E-state index contributed by atoms with van der Waals surface area (Å²) in [5.74, 6) is 0.754. The van der Waals surface area contributed by atoms with Gasteiger partial charge in [-0.15, -0.1) is 11.3 Å². The number of hydrogen-bond acceptors (Lipinski definition) is 4. The van der Waals surface area contributed by atoms with Gasteiger partial charge in [-0.25, -0.2) is 9.97 Å². The van der Waals surface area contributed by atoms with Gasteiger partial charge in [-0.2, -0.15) is 0 Å². The molecule has 1 aromatic carbocycles. The number of rotatable bonds is 3. The maximum Gasteiger partial charge on any atom is 0.138 e. The number of fused-ring (bicyclic) bond motifs is 1. The second-order valence-corrected chi connectivity index (χ2v) is 6.57. The number of halogens is 3. The highest BCUT2D eigenvalue weighted by Crippen LogP contribution is 2.31. The number of aromatic nitrogens is 2. The molecule has 0 radical (unpaired) electrons. The maximum absolute atomic E-state index is 6.00.